The monoisotopic (exact) mass is 263 g/mol. The molecule has 0 saturated heterocycles. The van der Waals surface area contributed by atoms with Crippen LogP contribution in [0.3, 0.4) is 0 Å². The van der Waals surface area contributed by atoms with Crippen molar-refractivity contribution in [3.8, 4) is 0 Å². The molecule has 8 heteroatoms. The van der Waals surface area contributed by atoms with Crippen molar-refractivity contribution < 1.29 is 17.2 Å². The van der Waals surface area contributed by atoms with Crippen LogP contribution >= 0.6 is 0 Å². The van der Waals surface area contributed by atoms with E-state index in [1.165, 1.54) is 7.05 Å². The summed E-state index contributed by atoms with van der Waals surface area (Å²) in [7, 11) is -2.78. The molecule has 17 heavy (non-hydrogen) atoms. The van der Waals surface area contributed by atoms with E-state index < -0.39 is 21.7 Å². The average Bonchev–Trinajstić information content (AvgIpc) is 2.20. The van der Waals surface area contributed by atoms with Crippen LogP contribution < -0.4 is 5.73 Å². The fourth-order valence-electron chi connectivity index (χ4n) is 1.14. The highest BCUT2D eigenvalue weighted by molar-refractivity contribution is 7.89. The van der Waals surface area contributed by atoms with Crippen LogP contribution in [-0.4, -0.2) is 32.2 Å². The van der Waals surface area contributed by atoms with E-state index in [9.17, 15) is 17.2 Å². The summed E-state index contributed by atoms with van der Waals surface area (Å²) in [6.45, 7) is -0.318. The number of amidine groups is 1. The third-order valence-corrected chi connectivity index (χ3v) is 3.79. The highest BCUT2D eigenvalue weighted by Crippen LogP contribution is 2.17. The fourth-order valence-corrected chi connectivity index (χ4v) is 2.30. The number of halogens is 2. The number of hydrogen-bond donors (Lipinski definition) is 2. The minimum atomic E-state index is -3.97. The third-order valence-electron chi connectivity index (χ3n) is 1.99. The number of nitrogens with zero attached hydrogens (tertiary/aromatic N) is 1. The Morgan fingerprint density at radius 3 is 2.47 bits per heavy atom. The van der Waals surface area contributed by atoms with Crippen molar-refractivity contribution in [2.75, 3.05) is 13.6 Å². The van der Waals surface area contributed by atoms with E-state index in [1.807, 2.05) is 0 Å². The third kappa shape index (κ3) is 2.98. The summed E-state index contributed by atoms with van der Waals surface area (Å²) < 4.78 is 50.0. The summed E-state index contributed by atoms with van der Waals surface area (Å²) in [5.41, 5.74) is 5.07. The molecule has 0 amide bonds. The predicted molar refractivity (Wildman–Crippen MR) is 58.1 cm³/mol. The molecule has 1 aromatic rings. The van der Waals surface area contributed by atoms with Gasteiger partial charge in [0.05, 0.1) is 11.4 Å². The molecule has 0 aliphatic rings. The van der Waals surface area contributed by atoms with Crippen LogP contribution in [0.2, 0.25) is 0 Å². The number of hydrogen-bond acceptors (Lipinski definition) is 3. The Morgan fingerprint density at radius 2 is 2.00 bits per heavy atom. The molecular weight excluding hydrogens is 252 g/mol. The van der Waals surface area contributed by atoms with Gasteiger partial charge < -0.3 is 5.73 Å². The van der Waals surface area contributed by atoms with Gasteiger partial charge in [-0.1, -0.05) is 0 Å². The van der Waals surface area contributed by atoms with Gasteiger partial charge in [0.15, 0.2) is 11.6 Å². The maximum atomic E-state index is 12.9. The highest BCUT2D eigenvalue weighted by atomic mass is 32.2. The zero-order chi connectivity index (χ0) is 13.2. The van der Waals surface area contributed by atoms with Gasteiger partial charge in [-0.2, -0.15) is 4.31 Å². The van der Waals surface area contributed by atoms with Gasteiger partial charge in [-0.05, 0) is 18.2 Å². The summed E-state index contributed by atoms with van der Waals surface area (Å²) in [5, 5.41) is 6.98. The Bertz CT molecular complexity index is 545. The lowest BCUT2D eigenvalue weighted by Crippen LogP contribution is -2.35. The van der Waals surface area contributed by atoms with E-state index >= 15 is 0 Å². The van der Waals surface area contributed by atoms with E-state index in [-0.39, 0.29) is 17.3 Å². The molecule has 0 aliphatic carbocycles. The number of likely N-dealkylation sites (N-methyl/N-ethyl adjacent to an activating group) is 1. The smallest absolute Gasteiger partial charge is 0.243 e. The minimum absolute atomic E-state index is 0.318. The largest absolute Gasteiger partial charge is 0.387 e. The number of sulfonamides is 1. The number of benzene rings is 1. The van der Waals surface area contributed by atoms with Crippen molar-refractivity contribution in [3.63, 3.8) is 0 Å². The molecule has 0 unspecified atom stereocenters. The Labute approximate surface area is 97.4 Å². The van der Waals surface area contributed by atoms with Crippen molar-refractivity contribution in [3.05, 3.63) is 29.8 Å². The molecule has 94 valence electrons. The second-order valence-corrected chi connectivity index (χ2v) is 5.41. The molecule has 0 fully saturated rings. The van der Waals surface area contributed by atoms with Crippen LogP contribution in [0.4, 0.5) is 8.78 Å². The minimum Gasteiger partial charge on any atom is -0.387 e. The molecule has 0 heterocycles. The van der Waals surface area contributed by atoms with Gasteiger partial charge in [0.1, 0.15) is 5.84 Å². The lowest BCUT2D eigenvalue weighted by Gasteiger charge is -2.16. The quantitative estimate of drug-likeness (QED) is 0.613. The highest BCUT2D eigenvalue weighted by Gasteiger charge is 2.22. The van der Waals surface area contributed by atoms with Gasteiger partial charge in [0.25, 0.3) is 0 Å². The lowest BCUT2D eigenvalue weighted by molar-refractivity contribution is 0.492. The Balaban J connectivity index is 3.13. The second kappa shape index (κ2) is 4.76. The van der Waals surface area contributed by atoms with E-state index in [1.54, 1.807) is 0 Å². The fraction of sp³-hybridized carbons (Fsp3) is 0.222. The van der Waals surface area contributed by atoms with Crippen LogP contribution in [0.15, 0.2) is 23.1 Å². The molecule has 0 atom stereocenters. The van der Waals surface area contributed by atoms with Crippen LogP contribution in [0.1, 0.15) is 0 Å². The normalized spacial score (nSPS) is 11.8. The van der Waals surface area contributed by atoms with Gasteiger partial charge in [-0.15, -0.1) is 0 Å². The second-order valence-electron chi connectivity index (χ2n) is 3.36. The van der Waals surface area contributed by atoms with Crippen molar-refractivity contribution in [1.29, 1.82) is 5.41 Å². The summed E-state index contributed by atoms with van der Waals surface area (Å²) in [6.07, 6.45) is 0. The van der Waals surface area contributed by atoms with Crippen molar-refractivity contribution in [2.24, 2.45) is 5.73 Å². The molecular formula is C9H11F2N3O2S. The van der Waals surface area contributed by atoms with E-state index in [4.69, 9.17) is 11.1 Å². The maximum Gasteiger partial charge on any atom is 0.243 e. The van der Waals surface area contributed by atoms with Crippen molar-refractivity contribution in [2.45, 2.75) is 4.90 Å². The molecule has 0 aliphatic heterocycles. The first-order valence-corrected chi connectivity index (χ1v) is 5.93. The van der Waals surface area contributed by atoms with Gasteiger partial charge in [0, 0.05) is 7.05 Å². The van der Waals surface area contributed by atoms with Crippen LogP contribution in [0.5, 0.6) is 0 Å². The Hall–Kier alpha value is -1.54. The Morgan fingerprint density at radius 1 is 1.41 bits per heavy atom. The van der Waals surface area contributed by atoms with Gasteiger partial charge in [-0.25, -0.2) is 17.2 Å². The molecule has 0 saturated carbocycles. The molecule has 0 bridgehead atoms. The summed E-state index contributed by atoms with van der Waals surface area (Å²) in [6, 6.07) is 2.26. The van der Waals surface area contributed by atoms with E-state index in [0.717, 1.165) is 16.4 Å². The molecule has 1 aromatic carbocycles. The average molecular weight is 263 g/mol. The summed E-state index contributed by atoms with van der Waals surface area (Å²) in [4.78, 5) is -0.389. The van der Waals surface area contributed by atoms with Crippen molar-refractivity contribution in [1.82, 2.24) is 4.31 Å². The first-order valence-electron chi connectivity index (χ1n) is 4.49. The molecule has 0 radical (unpaired) electrons. The molecule has 1 rings (SSSR count). The van der Waals surface area contributed by atoms with Crippen LogP contribution in [0, 0.1) is 17.0 Å². The first kappa shape index (κ1) is 13.5. The maximum absolute atomic E-state index is 12.9. The molecule has 3 N–H and O–H groups in total. The molecule has 0 aromatic heterocycles. The Kier molecular flexibility index (Phi) is 3.79. The molecule has 5 nitrogen and oxygen atoms in total. The van der Waals surface area contributed by atoms with Gasteiger partial charge in [0.2, 0.25) is 10.0 Å². The number of rotatable bonds is 4. The van der Waals surface area contributed by atoms with Crippen LogP contribution in [-0.2, 0) is 10.0 Å². The lowest BCUT2D eigenvalue weighted by atomic mass is 10.3. The van der Waals surface area contributed by atoms with E-state index in [2.05, 4.69) is 0 Å². The van der Waals surface area contributed by atoms with Crippen LogP contribution in [0.25, 0.3) is 0 Å². The topological polar surface area (TPSA) is 87.2 Å². The SMILES string of the molecule is CN(CC(=N)N)S(=O)(=O)c1ccc(F)c(F)c1. The first-order chi connectivity index (χ1) is 7.75. The van der Waals surface area contributed by atoms with E-state index in [0.29, 0.717) is 6.07 Å². The van der Waals surface area contributed by atoms with Gasteiger partial charge in [-0.3, -0.25) is 5.41 Å². The predicted octanol–water partition coefficient (Wildman–Crippen LogP) is 0.521. The number of nitrogens with two attached hydrogens (primary N) is 1. The standard InChI is InChI=1S/C9H11F2N3O2S/c1-14(5-9(12)13)17(15,16)6-2-3-7(10)8(11)4-6/h2-4H,5H2,1H3,(H3,12,13). The zero-order valence-corrected chi connectivity index (χ0v) is 9.76. The van der Waals surface area contributed by atoms with Crippen molar-refractivity contribution >= 4 is 15.9 Å². The zero-order valence-electron chi connectivity index (χ0n) is 8.94. The summed E-state index contributed by atoms with van der Waals surface area (Å²) in [5.74, 6) is -2.72. The molecule has 0 spiro atoms. The summed E-state index contributed by atoms with van der Waals surface area (Å²) >= 11 is 0. The van der Waals surface area contributed by atoms with Gasteiger partial charge >= 0.3 is 0 Å². The number of nitrogens with one attached hydrogen (secondary N) is 1.